The first-order chi connectivity index (χ1) is 12.5. The highest BCUT2D eigenvalue weighted by Gasteiger charge is 2.28. The molecule has 0 spiro atoms. The summed E-state index contributed by atoms with van der Waals surface area (Å²) in [6, 6.07) is 17.3. The van der Waals surface area contributed by atoms with Crippen molar-refractivity contribution >= 4 is 11.3 Å². The number of anilines is 1. The molecule has 1 fully saturated rings. The summed E-state index contributed by atoms with van der Waals surface area (Å²) < 4.78 is 6.17. The second-order valence-corrected chi connectivity index (χ2v) is 7.97. The van der Waals surface area contributed by atoms with Gasteiger partial charge in [0.05, 0.1) is 0 Å². The van der Waals surface area contributed by atoms with Crippen LogP contribution in [0.3, 0.4) is 0 Å². The number of fused-ring (bicyclic) bond motifs is 1. The molecular formula is C23H28N2O. The van der Waals surface area contributed by atoms with Crippen molar-refractivity contribution in [3.05, 3.63) is 65.7 Å². The maximum absolute atomic E-state index is 6.17. The van der Waals surface area contributed by atoms with Gasteiger partial charge in [-0.1, -0.05) is 29.8 Å². The molecule has 0 amide bonds. The molecule has 136 valence electrons. The molecule has 0 aromatic heterocycles. The minimum atomic E-state index is -0.247. The molecule has 2 aliphatic rings. The van der Waals surface area contributed by atoms with Crippen LogP contribution in [0.1, 0.15) is 25.0 Å². The molecule has 0 saturated carbocycles. The van der Waals surface area contributed by atoms with Crippen LogP contribution < -0.4 is 9.64 Å². The molecule has 4 rings (SSSR count). The van der Waals surface area contributed by atoms with Gasteiger partial charge in [0.25, 0.3) is 0 Å². The molecule has 0 atom stereocenters. The minimum Gasteiger partial charge on any atom is -0.483 e. The Balaban J connectivity index is 1.48. The van der Waals surface area contributed by atoms with Crippen LogP contribution in [0.2, 0.25) is 0 Å². The van der Waals surface area contributed by atoms with Crippen molar-refractivity contribution in [1.29, 1.82) is 0 Å². The van der Waals surface area contributed by atoms with E-state index < -0.39 is 0 Å². The summed E-state index contributed by atoms with van der Waals surface area (Å²) in [6.45, 7) is 11.8. The SMILES string of the molecule is Cc1ccc2c(c1)C(CN1CCN(c3ccccc3)CC1)=CC(C)(C)O2. The smallest absolute Gasteiger partial charge is 0.128 e. The van der Waals surface area contributed by atoms with Crippen molar-refractivity contribution in [2.75, 3.05) is 37.6 Å². The van der Waals surface area contributed by atoms with Crippen molar-refractivity contribution in [3.63, 3.8) is 0 Å². The summed E-state index contributed by atoms with van der Waals surface area (Å²) in [5.41, 5.74) is 5.03. The van der Waals surface area contributed by atoms with Crippen molar-refractivity contribution in [2.24, 2.45) is 0 Å². The number of nitrogens with zero attached hydrogens (tertiary/aromatic N) is 2. The van der Waals surface area contributed by atoms with Gasteiger partial charge in [-0.3, -0.25) is 4.90 Å². The zero-order valence-electron chi connectivity index (χ0n) is 16.0. The third kappa shape index (κ3) is 3.63. The average Bonchev–Trinajstić information content (AvgIpc) is 2.63. The number of para-hydroxylation sites is 1. The summed E-state index contributed by atoms with van der Waals surface area (Å²) in [4.78, 5) is 5.05. The lowest BCUT2D eigenvalue weighted by molar-refractivity contribution is 0.156. The molecule has 2 heterocycles. The molecule has 2 aliphatic heterocycles. The molecule has 0 unspecified atom stereocenters. The van der Waals surface area contributed by atoms with Gasteiger partial charge in [-0.05, 0) is 56.7 Å². The number of piperazine rings is 1. The quantitative estimate of drug-likeness (QED) is 0.819. The highest BCUT2D eigenvalue weighted by atomic mass is 16.5. The van der Waals surface area contributed by atoms with Crippen LogP contribution >= 0.6 is 0 Å². The monoisotopic (exact) mass is 348 g/mol. The van der Waals surface area contributed by atoms with Crippen LogP contribution in [0, 0.1) is 6.92 Å². The number of hydrogen-bond acceptors (Lipinski definition) is 3. The van der Waals surface area contributed by atoms with E-state index in [1.54, 1.807) is 0 Å². The van der Waals surface area contributed by atoms with E-state index in [0.717, 1.165) is 38.5 Å². The van der Waals surface area contributed by atoms with Gasteiger partial charge >= 0.3 is 0 Å². The number of rotatable bonds is 3. The normalized spacial score (nSPS) is 19.5. The Kier molecular flexibility index (Phi) is 4.49. The average molecular weight is 348 g/mol. The maximum Gasteiger partial charge on any atom is 0.128 e. The van der Waals surface area contributed by atoms with Gasteiger partial charge in [-0.25, -0.2) is 0 Å². The fraction of sp³-hybridized carbons (Fsp3) is 0.391. The first-order valence-corrected chi connectivity index (χ1v) is 9.54. The highest BCUT2D eigenvalue weighted by molar-refractivity contribution is 5.75. The third-order valence-electron chi connectivity index (χ3n) is 5.26. The van der Waals surface area contributed by atoms with E-state index >= 15 is 0 Å². The Labute approximate surface area is 156 Å². The fourth-order valence-electron chi connectivity index (χ4n) is 3.97. The van der Waals surface area contributed by atoms with Gasteiger partial charge in [0.15, 0.2) is 0 Å². The second-order valence-electron chi connectivity index (χ2n) is 7.97. The fourth-order valence-corrected chi connectivity index (χ4v) is 3.97. The molecule has 0 radical (unpaired) electrons. The third-order valence-corrected chi connectivity index (χ3v) is 5.26. The second kappa shape index (κ2) is 6.81. The van der Waals surface area contributed by atoms with Gasteiger partial charge in [0, 0.05) is 44.0 Å². The van der Waals surface area contributed by atoms with Crippen LogP contribution in [0.5, 0.6) is 5.75 Å². The largest absolute Gasteiger partial charge is 0.483 e. The molecular weight excluding hydrogens is 320 g/mol. The lowest BCUT2D eigenvalue weighted by atomic mass is 9.93. The lowest BCUT2D eigenvalue weighted by Gasteiger charge is -2.38. The Hall–Kier alpha value is -2.26. The molecule has 3 nitrogen and oxygen atoms in total. The van der Waals surface area contributed by atoms with Crippen molar-refractivity contribution in [2.45, 2.75) is 26.4 Å². The predicted octanol–water partition coefficient (Wildman–Crippen LogP) is 4.37. The van der Waals surface area contributed by atoms with Gasteiger partial charge in [0.2, 0.25) is 0 Å². The van der Waals surface area contributed by atoms with Crippen LogP contribution in [0.4, 0.5) is 5.69 Å². The molecule has 3 heteroatoms. The standard InChI is InChI=1S/C23H28N2O/c1-18-9-10-22-21(15-18)19(16-23(2,3)26-22)17-24-11-13-25(14-12-24)20-7-5-4-6-8-20/h4-10,15-16H,11-14,17H2,1-3H3. The summed E-state index contributed by atoms with van der Waals surface area (Å²) in [5, 5.41) is 0. The van der Waals surface area contributed by atoms with E-state index in [2.05, 4.69) is 85.2 Å². The minimum absolute atomic E-state index is 0.247. The van der Waals surface area contributed by atoms with Crippen LogP contribution in [0.25, 0.3) is 5.57 Å². The lowest BCUT2D eigenvalue weighted by Crippen LogP contribution is -2.47. The molecule has 0 aliphatic carbocycles. The zero-order valence-corrected chi connectivity index (χ0v) is 16.0. The van der Waals surface area contributed by atoms with Gasteiger partial charge in [-0.2, -0.15) is 0 Å². The topological polar surface area (TPSA) is 15.7 Å². The van der Waals surface area contributed by atoms with E-state index in [-0.39, 0.29) is 5.60 Å². The van der Waals surface area contributed by atoms with Crippen LogP contribution in [-0.2, 0) is 0 Å². The molecule has 26 heavy (non-hydrogen) atoms. The first-order valence-electron chi connectivity index (χ1n) is 9.54. The van der Waals surface area contributed by atoms with E-state index in [0.29, 0.717) is 0 Å². The summed E-state index contributed by atoms with van der Waals surface area (Å²) in [5.74, 6) is 1.01. The van der Waals surface area contributed by atoms with E-state index in [4.69, 9.17) is 4.74 Å². The number of ether oxygens (including phenoxy) is 1. The number of benzene rings is 2. The van der Waals surface area contributed by atoms with Crippen molar-refractivity contribution in [1.82, 2.24) is 4.90 Å². The molecule has 2 aromatic carbocycles. The summed E-state index contributed by atoms with van der Waals surface area (Å²) in [7, 11) is 0. The number of hydrogen-bond donors (Lipinski definition) is 0. The first kappa shape index (κ1) is 17.2. The Morgan fingerprint density at radius 1 is 0.962 bits per heavy atom. The van der Waals surface area contributed by atoms with E-state index in [9.17, 15) is 0 Å². The Bertz CT molecular complexity index is 802. The molecule has 1 saturated heterocycles. The predicted molar refractivity (Wildman–Crippen MR) is 109 cm³/mol. The summed E-state index contributed by atoms with van der Waals surface area (Å²) in [6.07, 6.45) is 2.30. The Morgan fingerprint density at radius 3 is 2.42 bits per heavy atom. The molecule has 2 aromatic rings. The van der Waals surface area contributed by atoms with E-state index in [1.807, 2.05) is 0 Å². The molecule has 0 N–H and O–H groups in total. The van der Waals surface area contributed by atoms with Crippen LogP contribution in [0.15, 0.2) is 54.6 Å². The highest BCUT2D eigenvalue weighted by Crippen LogP contribution is 2.37. The zero-order chi connectivity index (χ0) is 18.1. The van der Waals surface area contributed by atoms with Gasteiger partial charge < -0.3 is 9.64 Å². The van der Waals surface area contributed by atoms with Crippen molar-refractivity contribution in [3.8, 4) is 5.75 Å². The molecule has 0 bridgehead atoms. The maximum atomic E-state index is 6.17. The summed E-state index contributed by atoms with van der Waals surface area (Å²) >= 11 is 0. The van der Waals surface area contributed by atoms with Gasteiger partial charge in [-0.15, -0.1) is 0 Å². The van der Waals surface area contributed by atoms with Gasteiger partial charge in [0.1, 0.15) is 11.4 Å². The van der Waals surface area contributed by atoms with Crippen molar-refractivity contribution < 1.29 is 4.74 Å². The Morgan fingerprint density at radius 2 is 1.69 bits per heavy atom. The number of aryl methyl sites for hydroxylation is 1. The van der Waals surface area contributed by atoms with E-state index in [1.165, 1.54) is 22.4 Å². The van der Waals surface area contributed by atoms with Crippen LogP contribution in [-0.4, -0.2) is 43.2 Å².